The van der Waals surface area contributed by atoms with Gasteiger partial charge in [-0.15, -0.1) is 11.3 Å². The van der Waals surface area contributed by atoms with E-state index >= 15 is 0 Å². The molecule has 0 bridgehead atoms. The number of aromatic nitrogens is 3. The molecule has 16 heavy (non-hydrogen) atoms. The van der Waals surface area contributed by atoms with E-state index in [-0.39, 0.29) is 0 Å². The summed E-state index contributed by atoms with van der Waals surface area (Å²) in [7, 11) is 0. The van der Waals surface area contributed by atoms with Gasteiger partial charge in [-0.2, -0.15) is 0 Å². The molecule has 0 radical (unpaired) electrons. The Kier molecular flexibility index (Phi) is 4.07. The van der Waals surface area contributed by atoms with Crippen LogP contribution in [0.1, 0.15) is 23.9 Å². The van der Waals surface area contributed by atoms with Crippen molar-refractivity contribution in [2.75, 3.05) is 0 Å². The van der Waals surface area contributed by atoms with Gasteiger partial charge in [0.25, 0.3) is 0 Å². The molecular weight excluding hydrogens is 220 g/mol. The Hall–Kier alpha value is -1.20. The average Bonchev–Trinajstić information content (AvgIpc) is 2.91. The lowest BCUT2D eigenvalue weighted by Gasteiger charge is -2.07. The van der Waals surface area contributed by atoms with E-state index in [9.17, 15) is 0 Å². The van der Waals surface area contributed by atoms with Gasteiger partial charge in [-0.3, -0.25) is 4.98 Å². The molecule has 0 aliphatic carbocycles. The number of thiazole rings is 1. The van der Waals surface area contributed by atoms with Gasteiger partial charge in [0.1, 0.15) is 0 Å². The number of aryl methyl sites for hydroxylation is 1. The highest BCUT2D eigenvalue weighted by Crippen LogP contribution is 2.05. The molecule has 0 unspecified atom stereocenters. The maximum absolute atomic E-state index is 4.17. The smallest absolute Gasteiger partial charge is 0.0948 e. The van der Waals surface area contributed by atoms with E-state index in [1.165, 1.54) is 10.6 Å². The lowest BCUT2D eigenvalue weighted by Crippen LogP contribution is -2.15. The SMILES string of the molecule is CCCn1cncc1CNCc1cncs1. The molecule has 86 valence electrons. The highest BCUT2D eigenvalue weighted by Gasteiger charge is 2.01. The molecule has 5 heteroatoms. The van der Waals surface area contributed by atoms with Crippen molar-refractivity contribution in [3.63, 3.8) is 0 Å². The van der Waals surface area contributed by atoms with Crippen LogP contribution in [-0.2, 0) is 19.6 Å². The van der Waals surface area contributed by atoms with E-state index in [2.05, 4.69) is 26.8 Å². The van der Waals surface area contributed by atoms with Crippen LogP contribution < -0.4 is 5.32 Å². The van der Waals surface area contributed by atoms with E-state index in [0.29, 0.717) is 0 Å². The summed E-state index contributed by atoms with van der Waals surface area (Å²) in [5.41, 5.74) is 3.10. The molecule has 0 atom stereocenters. The second-order valence-electron chi connectivity index (χ2n) is 3.65. The second-order valence-corrected chi connectivity index (χ2v) is 4.62. The predicted octanol–water partition coefficient (Wildman–Crippen LogP) is 2.04. The summed E-state index contributed by atoms with van der Waals surface area (Å²) in [6, 6.07) is 0. The first-order valence-corrected chi connectivity index (χ1v) is 6.35. The fourth-order valence-electron chi connectivity index (χ4n) is 1.58. The largest absolute Gasteiger partial charge is 0.333 e. The van der Waals surface area contributed by atoms with Crippen LogP contribution in [0.15, 0.2) is 24.2 Å². The van der Waals surface area contributed by atoms with Crippen molar-refractivity contribution >= 4 is 11.3 Å². The van der Waals surface area contributed by atoms with Gasteiger partial charge in [0, 0.05) is 36.9 Å². The van der Waals surface area contributed by atoms with E-state index in [1.54, 1.807) is 11.3 Å². The quantitative estimate of drug-likeness (QED) is 0.834. The summed E-state index contributed by atoms with van der Waals surface area (Å²) in [5, 5.41) is 3.40. The highest BCUT2D eigenvalue weighted by molar-refractivity contribution is 7.09. The van der Waals surface area contributed by atoms with E-state index in [0.717, 1.165) is 26.1 Å². The van der Waals surface area contributed by atoms with Crippen LogP contribution in [0.2, 0.25) is 0 Å². The average molecular weight is 236 g/mol. The molecule has 0 aromatic carbocycles. The molecule has 1 N–H and O–H groups in total. The zero-order valence-electron chi connectivity index (χ0n) is 9.39. The molecule has 0 aliphatic heterocycles. The Morgan fingerprint density at radius 1 is 1.31 bits per heavy atom. The summed E-state index contributed by atoms with van der Waals surface area (Å²) < 4.78 is 2.19. The number of hydrogen-bond donors (Lipinski definition) is 1. The van der Waals surface area contributed by atoms with E-state index in [1.807, 2.05) is 24.2 Å². The van der Waals surface area contributed by atoms with Crippen LogP contribution in [0.25, 0.3) is 0 Å². The standard InChI is InChI=1S/C11H16N4S/c1-2-3-15-8-13-5-10(15)4-12-6-11-7-14-9-16-11/h5,7-9,12H,2-4,6H2,1H3. The van der Waals surface area contributed by atoms with Crippen LogP contribution in [0.3, 0.4) is 0 Å². The molecular formula is C11H16N4S. The van der Waals surface area contributed by atoms with Crippen LogP contribution >= 0.6 is 11.3 Å². The van der Waals surface area contributed by atoms with Gasteiger partial charge in [-0.1, -0.05) is 6.92 Å². The van der Waals surface area contributed by atoms with Gasteiger partial charge >= 0.3 is 0 Å². The van der Waals surface area contributed by atoms with Crippen molar-refractivity contribution in [1.82, 2.24) is 19.9 Å². The second kappa shape index (κ2) is 5.77. The third kappa shape index (κ3) is 2.90. The number of rotatable bonds is 6. The molecule has 0 amide bonds. The minimum Gasteiger partial charge on any atom is -0.333 e. The first kappa shape index (κ1) is 11.3. The minimum atomic E-state index is 0.859. The van der Waals surface area contributed by atoms with Crippen molar-refractivity contribution in [2.24, 2.45) is 0 Å². The summed E-state index contributed by atoms with van der Waals surface area (Å²) >= 11 is 1.68. The Bertz CT molecular complexity index is 407. The molecule has 0 fully saturated rings. The lowest BCUT2D eigenvalue weighted by atomic mass is 10.4. The fourth-order valence-corrected chi connectivity index (χ4v) is 2.15. The normalized spacial score (nSPS) is 10.8. The number of nitrogens with zero attached hydrogens (tertiary/aromatic N) is 3. The minimum absolute atomic E-state index is 0.859. The number of nitrogens with one attached hydrogen (secondary N) is 1. The van der Waals surface area contributed by atoms with Crippen molar-refractivity contribution in [1.29, 1.82) is 0 Å². The Labute approximate surface area is 99.4 Å². The summed E-state index contributed by atoms with van der Waals surface area (Å²) in [5.74, 6) is 0. The fraction of sp³-hybridized carbons (Fsp3) is 0.455. The zero-order chi connectivity index (χ0) is 11.2. The maximum atomic E-state index is 4.17. The van der Waals surface area contributed by atoms with Gasteiger partial charge in [0.05, 0.1) is 17.5 Å². The number of imidazole rings is 1. The topological polar surface area (TPSA) is 42.7 Å². The van der Waals surface area contributed by atoms with E-state index < -0.39 is 0 Å². The van der Waals surface area contributed by atoms with Crippen molar-refractivity contribution in [3.05, 3.63) is 34.8 Å². The molecule has 2 rings (SSSR count). The molecule has 0 aliphatic rings. The molecule has 0 spiro atoms. The highest BCUT2D eigenvalue weighted by atomic mass is 32.1. The van der Waals surface area contributed by atoms with Crippen LogP contribution in [0, 0.1) is 0 Å². The van der Waals surface area contributed by atoms with Gasteiger partial charge in [-0.25, -0.2) is 4.98 Å². The maximum Gasteiger partial charge on any atom is 0.0948 e. The first-order valence-electron chi connectivity index (χ1n) is 5.47. The zero-order valence-corrected chi connectivity index (χ0v) is 10.2. The third-order valence-electron chi connectivity index (χ3n) is 2.35. The monoisotopic (exact) mass is 236 g/mol. The van der Waals surface area contributed by atoms with Crippen molar-refractivity contribution < 1.29 is 0 Å². The lowest BCUT2D eigenvalue weighted by molar-refractivity contribution is 0.603. The van der Waals surface area contributed by atoms with Crippen LogP contribution in [0.5, 0.6) is 0 Å². The van der Waals surface area contributed by atoms with Crippen LogP contribution in [-0.4, -0.2) is 14.5 Å². The first-order chi connectivity index (χ1) is 7.90. The molecule has 2 heterocycles. The Balaban J connectivity index is 1.82. The van der Waals surface area contributed by atoms with Gasteiger partial charge in [0.2, 0.25) is 0 Å². The summed E-state index contributed by atoms with van der Waals surface area (Å²) in [6.45, 7) is 4.95. The Morgan fingerprint density at radius 3 is 3.00 bits per heavy atom. The van der Waals surface area contributed by atoms with Crippen molar-refractivity contribution in [3.8, 4) is 0 Å². The molecule has 0 saturated heterocycles. The van der Waals surface area contributed by atoms with Gasteiger partial charge < -0.3 is 9.88 Å². The molecule has 4 nitrogen and oxygen atoms in total. The van der Waals surface area contributed by atoms with Gasteiger partial charge in [0.15, 0.2) is 0 Å². The van der Waals surface area contributed by atoms with Crippen LogP contribution in [0.4, 0.5) is 0 Å². The molecule has 2 aromatic heterocycles. The van der Waals surface area contributed by atoms with Gasteiger partial charge in [-0.05, 0) is 6.42 Å². The van der Waals surface area contributed by atoms with Crippen molar-refractivity contribution in [2.45, 2.75) is 33.0 Å². The Morgan fingerprint density at radius 2 is 2.25 bits per heavy atom. The van der Waals surface area contributed by atoms with E-state index in [4.69, 9.17) is 0 Å². The molecule has 2 aromatic rings. The summed E-state index contributed by atoms with van der Waals surface area (Å²) in [6.07, 6.45) is 6.86. The summed E-state index contributed by atoms with van der Waals surface area (Å²) in [4.78, 5) is 9.48. The predicted molar refractivity (Wildman–Crippen MR) is 65.2 cm³/mol. The third-order valence-corrected chi connectivity index (χ3v) is 3.13. The molecule has 0 saturated carbocycles. The number of hydrogen-bond acceptors (Lipinski definition) is 4.